The molecule has 5 aromatic carbocycles. The molecule has 0 radical (unpaired) electrons. The standard InChI is InChI=1S/C31H22AsBr2NO/c33-29-20-27(21-30(34)31(29)36)35-22-23-12-10-11-19-28(23)32(24-13-4-1-5-14-24,25-15-6-2-7-16-25)26-17-8-3-9-18-26/h1-22H. The number of hydrogen-bond donors (Lipinski definition) is 0. The van der Waals surface area contributed by atoms with Crippen LogP contribution in [0.2, 0.25) is 0 Å². The molecule has 0 unspecified atom stereocenters. The molecular formula is C31H22AsBr2NO. The molecule has 0 heterocycles. The Bertz CT molecular complexity index is 1390. The number of nitrogens with zero attached hydrogens (tertiary/aromatic N) is 1. The normalized spacial score (nSPS) is 11.6. The SMILES string of the molecule is [O-]c1c(Br)cc(N=Cc2ccccc2[As+](c2ccccc2)(c2ccccc2)c2ccccc2)cc1Br. The van der Waals surface area contributed by atoms with Gasteiger partial charge in [0, 0.05) is 0 Å². The molecule has 5 aromatic rings. The number of hydrogen-bond acceptors (Lipinski definition) is 2. The van der Waals surface area contributed by atoms with Gasteiger partial charge in [0.1, 0.15) is 0 Å². The molecule has 0 fully saturated rings. The molecule has 0 aromatic heterocycles. The summed E-state index contributed by atoms with van der Waals surface area (Å²) >= 11 is 3.53. The predicted molar refractivity (Wildman–Crippen MR) is 159 cm³/mol. The fraction of sp³-hybridized carbons (Fsp3) is 0. The second kappa shape index (κ2) is 11.0. The fourth-order valence-corrected chi connectivity index (χ4v) is 14.9. The van der Waals surface area contributed by atoms with Gasteiger partial charge in [0.25, 0.3) is 0 Å². The van der Waals surface area contributed by atoms with Gasteiger partial charge < -0.3 is 0 Å². The Labute approximate surface area is 231 Å². The Hall–Kier alpha value is -2.91. The molecule has 0 bridgehead atoms. The zero-order valence-corrected chi connectivity index (χ0v) is 24.3. The Morgan fingerprint density at radius 1 is 0.583 bits per heavy atom. The van der Waals surface area contributed by atoms with E-state index >= 15 is 0 Å². The second-order valence-electron chi connectivity index (χ2n) is 8.23. The van der Waals surface area contributed by atoms with Gasteiger partial charge in [-0.2, -0.15) is 0 Å². The minimum absolute atomic E-state index is 0.0835. The van der Waals surface area contributed by atoms with E-state index in [-0.39, 0.29) is 5.75 Å². The van der Waals surface area contributed by atoms with Gasteiger partial charge in [-0.1, -0.05) is 0 Å². The van der Waals surface area contributed by atoms with Crippen LogP contribution >= 0.6 is 31.9 Å². The first-order valence-corrected chi connectivity index (χ1v) is 16.8. The van der Waals surface area contributed by atoms with Crippen molar-refractivity contribution in [3.05, 3.63) is 142 Å². The Kier molecular flexibility index (Phi) is 7.57. The summed E-state index contributed by atoms with van der Waals surface area (Å²) < 4.78 is 6.30. The van der Waals surface area contributed by atoms with E-state index in [9.17, 15) is 5.11 Å². The molecule has 0 aliphatic carbocycles. The summed E-state index contributed by atoms with van der Waals surface area (Å²) in [6.07, 6.45) is 1.93. The third-order valence-corrected chi connectivity index (χ3v) is 16.4. The summed E-state index contributed by atoms with van der Waals surface area (Å²) in [6.45, 7) is 0. The summed E-state index contributed by atoms with van der Waals surface area (Å²) in [5, 5.41) is 12.1. The van der Waals surface area contributed by atoms with Crippen LogP contribution in [0.5, 0.6) is 5.75 Å². The number of aliphatic imine (C=N–C) groups is 1. The maximum atomic E-state index is 12.1. The fourth-order valence-electron chi connectivity index (χ4n) is 4.49. The van der Waals surface area contributed by atoms with Crippen LogP contribution in [0.1, 0.15) is 5.56 Å². The second-order valence-corrected chi connectivity index (χ2v) is 17.0. The van der Waals surface area contributed by atoms with Crippen LogP contribution in [-0.2, 0) is 0 Å². The van der Waals surface area contributed by atoms with E-state index < -0.39 is 13.6 Å². The van der Waals surface area contributed by atoms with Gasteiger partial charge in [0.15, 0.2) is 0 Å². The van der Waals surface area contributed by atoms with E-state index in [4.69, 9.17) is 4.99 Å². The average molecular weight is 659 g/mol. The van der Waals surface area contributed by atoms with Crippen molar-refractivity contribution < 1.29 is 5.11 Å². The third kappa shape index (κ3) is 4.74. The Balaban J connectivity index is 1.79. The summed E-state index contributed by atoms with van der Waals surface area (Å²) in [5.74, 6) is -0.0835. The topological polar surface area (TPSA) is 35.4 Å². The Morgan fingerprint density at radius 3 is 1.47 bits per heavy atom. The van der Waals surface area contributed by atoms with E-state index in [0.29, 0.717) is 14.6 Å². The molecule has 176 valence electrons. The van der Waals surface area contributed by atoms with Gasteiger partial charge >= 0.3 is 232 Å². The molecule has 5 rings (SSSR count). The monoisotopic (exact) mass is 657 g/mol. The molecule has 0 amide bonds. The summed E-state index contributed by atoms with van der Waals surface area (Å²) in [7, 11) is 0. The summed E-state index contributed by atoms with van der Waals surface area (Å²) in [4.78, 5) is 4.80. The zero-order valence-electron chi connectivity index (χ0n) is 19.3. The van der Waals surface area contributed by atoms with Crippen molar-refractivity contribution in [2.24, 2.45) is 4.99 Å². The van der Waals surface area contributed by atoms with E-state index in [0.717, 1.165) is 5.56 Å². The van der Waals surface area contributed by atoms with E-state index in [1.54, 1.807) is 12.1 Å². The average Bonchev–Trinajstić information content (AvgIpc) is 2.93. The summed E-state index contributed by atoms with van der Waals surface area (Å²) in [6, 6.07) is 44.7. The first kappa shape index (κ1) is 24.8. The predicted octanol–water partition coefficient (Wildman–Crippen LogP) is 5.41. The van der Waals surface area contributed by atoms with Crippen LogP contribution in [0.3, 0.4) is 0 Å². The molecule has 0 atom stereocenters. The van der Waals surface area contributed by atoms with Crippen molar-refractivity contribution in [3.63, 3.8) is 0 Å². The zero-order chi connectivity index (χ0) is 25.0. The number of benzene rings is 5. The molecule has 0 N–H and O–H groups in total. The van der Waals surface area contributed by atoms with Crippen LogP contribution in [0.25, 0.3) is 0 Å². The van der Waals surface area contributed by atoms with Crippen LogP contribution in [0, 0.1) is 0 Å². The van der Waals surface area contributed by atoms with Gasteiger partial charge in [0.05, 0.1) is 0 Å². The molecule has 0 saturated heterocycles. The van der Waals surface area contributed by atoms with Crippen LogP contribution < -0.4 is 22.5 Å². The molecule has 5 heteroatoms. The van der Waals surface area contributed by atoms with E-state index in [2.05, 4.69) is 147 Å². The first-order valence-electron chi connectivity index (χ1n) is 11.5. The van der Waals surface area contributed by atoms with E-state index in [1.807, 2.05) is 6.21 Å². The molecule has 0 aliphatic rings. The molecule has 2 nitrogen and oxygen atoms in total. The van der Waals surface area contributed by atoms with Crippen molar-refractivity contribution in [1.82, 2.24) is 0 Å². The van der Waals surface area contributed by atoms with Crippen LogP contribution in [0.15, 0.2) is 141 Å². The van der Waals surface area contributed by atoms with Crippen molar-refractivity contribution >= 4 is 74.7 Å². The summed E-state index contributed by atoms with van der Waals surface area (Å²) in [5.41, 5.74) is 1.78. The van der Waals surface area contributed by atoms with Gasteiger partial charge in [-0.15, -0.1) is 0 Å². The van der Waals surface area contributed by atoms with Gasteiger partial charge in [-0.05, 0) is 0 Å². The first-order chi connectivity index (χ1) is 17.6. The molecular weight excluding hydrogens is 637 g/mol. The van der Waals surface area contributed by atoms with Gasteiger partial charge in [-0.25, -0.2) is 0 Å². The molecule has 0 saturated carbocycles. The van der Waals surface area contributed by atoms with Crippen LogP contribution in [0.4, 0.5) is 5.69 Å². The maximum absolute atomic E-state index is 12.1. The van der Waals surface area contributed by atoms with Gasteiger partial charge in [0.2, 0.25) is 0 Å². The van der Waals surface area contributed by atoms with E-state index in [1.165, 1.54) is 17.4 Å². The Morgan fingerprint density at radius 2 is 1.00 bits per heavy atom. The molecule has 0 aliphatic heterocycles. The van der Waals surface area contributed by atoms with Crippen molar-refractivity contribution in [2.45, 2.75) is 0 Å². The van der Waals surface area contributed by atoms with Crippen LogP contribution in [-0.4, -0.2) is 19.8 Å². The van der Waals surface area contributed by atoms with Gasteiger partial charge in [-0.3, -0.25) is 0 Å². The van der Waals surface area contributed by atoms with Crippen molar-refractivity contribution in [2.75, 3.05) is 0 Å². The quantitative estimate of drug-likeness (QED) is 0.178. The minimum atomic E-state index is -3.17. The molecule has 0 spiro atoms. The third-order valence-electron chi connectivity index (χ3n) is 6.06. The van der Waals surface area contributed by atoms with Crippen molar-refractivity contribution in [1.29, 1.82) is 0 Å². The number of halogens is 2. The molecule has 36 heavy (non-hydrogen) atoms. The number of rotatable bonds is 6. The van der Waals surface area contributed by atoms with Crippen molar-refractivity contribution in [3.8, 4) is 5.75 Å².